The minimum absolute atomic E-state index is 0.0153. The summed E-state index contributed by atoms with van der Waals surface area (Å²) in [4.78, 5) is 23.5. The molecule has 0 radical (unpaired) electrons. The van der Waals surface area contributed by atoms with Gasteiger partial charge in [-0.3, -0.25) is 9.59 Å². The Morgan fingerprint density at radius 1 is 1.12 bits per heavy atom. The summed E-state index contributed by atoms with van der Waals surface area (Å²) in [5.74, 6) is 0.352. The number of rotatable bonds is 8. The zero-order valence-electron chi connectivity index (χ0n) is 14.4. The molecule has 0 saturated heterocycles. The number of hydrogen-bond donors (Lipinski definition) is 3. The van der Waals surface area contributed by atoms with Gasteiger partial charge in [0.1, 0.15) is 5.75 Å². The van der Waals surface area contributed by atoms with Gasteiger partial charge in [-0.15, -0.1) is 0 Å². The van der Waals surface area contributed by atoms with E-state index in [2.05, 4.69) is 24.5 Å². The Balaban J connectivity index is 1.92. The van der Waals surface area contributed by atoms with Gasteiger partial charge < -0.3 is 21.1 Å². The molecule has 0 fully saturated rings. The van der Waals surface area contributed by atoms with Gasteiger partial charge in [0, 0.05) is 17.4 Å². The van der Waals surface area contributed by atoms with Crippen molar-refractivity contribution in [1.29, 1.82) is 0 Å². The van der Waals surface area contributed by atoms with Crippen molar-refractivity contribution in [2.24, 2.45) is 11.7 Å². The number of carbonyl (C=O) groups excluding carboxylic acids is 2. The van der Waals surface area contributed by atoms with Gasteiger partial charge in [-0.1, -0.05) is 32.0 Å². The first-order valence-electron chi connectivity index (χ1n) is 8.11. The molecule has 2 aromatic rings. The van der Waals surface area contributed by atoms with E-state index in [9.17, 15) is 9.59 Å². The van der Waals surface area contributed by atoms with Crippen molar-refractivity contribution >= 4 is 23.2 Å². The van der Waals surface area contributed by atoms with Crippen molar-refractivity contribution in [1.82, 2.24) is 0 Å². The van der Waals surface area contributed by atoms with Crippen molar-refractivity contribution in [2.75, 3.05) is 23.8 Å². The van der Waals surface area contributed by atoms with Crippen LogP contribution in [0.4, 0.5) is 11.4 Å². The van der Waals surface area contributed by atoms with Crippen LogP contribution in [0.3, 0.4) is 0 Å². The van der Waals surface area contributed by atoms with Crippen LogP contribution in [0.1, 0.15) is 24.2 Å². The molecule has 0 aliphatic rings. The van der Waals surface area contributed by atoms with E-state index in [1.54, 1.807) is 36.4 Å². The highest BCUT2D eigenvalue weighted by Gasteiger charge is 2.09. The average Bonchev–Trinajstić information content (AvgIpc) is 2.58. The predicted molar refractivity (Wildman–Crippen MR) is 98.9 cm³/mol. The number of nitrogens with two attached hydrogens (primary N) is 1. The Bertz CT molecular complexity index is 744. The van der Waals surface area contributed by atoms with E-state index in [-0.39, 0.29) is 12.5 Å². The molecule has 6 nitrogen and oxygen atoms in total. The van der Waals surface area contributed by atoms with Gasteiger partial charge in [0.2, 0.25) is 5.91 Å². The van der Waals surface area contributed by atoms with E-state index in [1.807, 2.05) is 12.1 Å². The van der Waals surface area contributed by atoms with Gasteiger partial charge in [-0.25, -0.2) is 0 Å². The average molecular weight is 341 g/mol. The molecule has 0 aromatic heterocycles. The summed E-state index contributed by atoms with van der Waals surface area (Å²) in [5, 5.41) is 5.72. The molecule has 0 heterocycles. The van der Waals surface area contributed by atoms with E-state index >= 15 is 0 Å². The van der Waals surface area contributed by atoms with Crippen LogP contribution < -0.4 is 21.1 Å². The normalized spacial score (nSPS) is 10.4. The maximum atomic E-state index is 12.1. The molecule has 6 heteroatoms. The molecule has 0 spiro atoms. The fourth-order valence-electron chi connectivity index (χ4n) is 2.16. The summed E-state index contributed by atoms with van der Waals surface area (Å²) >= 11 is 0. The monoisotopic (exact) mass is 341 g/mol. The first-order valence-corrected chi connectivity index (χ1v) is 8.11. The molecule has 0 bridgehead atoms. The molecule has 2 amide bonds. The highest BCUT2D eigenvalue weighted by Crippen LogP contribution is 2.18. The fraction of sp³-hybridized carbons (Fsp3) is 0.263. The molecule has 0 aliphatic heterocycles. The van der Waals surface area contributed by atoms with Crippen LogP contribution >= 0.6 is 0 Å². The summed E-state index contributed by atoms with van der Waals surface area (Å²) < 4.78 is 5.64. The minimum atomic E-state index is -0.543. The maximum absolute atomic E-state index is 12.1. The van der Waals surface area contributed by atoms with Crippen molar-refractivity contribution in [2.45, 2.75) is 13.8 Å². The highest BCUT2D eigenvalue weighted by atomic mass is 16.5. The molecule has 0 aliphatic carbocycles. The van der Waals surface area contributed by atoms with Crippen molar-refractivity contribution in [3.05, 3.63) is 54.1 Å². The number of amides is 2. The van der Waals surface area contributed by atoms with Gasteiger partial charge in [-0.2, -0.15) is 0 Å². The number of benzene rings is 2. The van der Waals surface area contributed by atoms with E-state index in [1.165, 1.54) is 0 Å². The lowest BCUT2D eigenvalue weighted by Gasteiger charge is -2.12. The molecular formula is C19H23N3O3. The summed E-state index contributed by atoms with van der Waals surface area (Å²) in [6, 6.07) is 14.0. The molecule has 0 saturated carbocycles. The second-order valence-corrected chi connectivity index (χ2v) is 6.04. The van der Waals surface area contributed by atoms with Crippen molar-refractivity contribution in [3.63, 3.8) is 0 Å². The van der Waals surface area contributed by atoms with E-state index in [4.69, 9.17) is 10.5 Å². The lowest BCUT2D eigenvalue weighted by molar-refractivity contribution is -0.114. The van der Waals surface area contributed by atoms with Crippen LogP contribution in [-0.4, -0.2) is 25.0 Å². The number of hydrogen-bond acceptors (Lipinski definition) is 4. The van der Waals surface area contributed by atoms with Crippen LogP contribution in [0.5, 0.6) is 5.75 Å². The van der Waals surface area contributed by atoms with Gasteiger partial charge >= 0.3 is 0 Å². The first kappa shape index (κ1) is 18.3. The number of ether oxygens (including phenoxy) is 1. The molecule has 2 aromatic carbocycles. The lowest BCUT2D eigenvalue weighted by Crippen LogP contribution is -2.23. The number of para-hydroxylation sites is 1. The third kappa shape index (κ3) is 5.84. The summed E-state index contributed by atoms with van der Waals surface area (Å²) in [5.41, 5.74) is 6.84. The number of carbonyl (C=O) groups is 2. The Labute approximate surface area is 147 Å². The maximum Gasteiger partial charge on any atom is 0.250 e. The second-order valence-electron chi connectivity index (χ2n) is 6.04. The molecule has 25 heavy (non-hydrogen) atoms. The van der Waals surface area contributed by atoms with Gasteiger partial charge in [0.05, 0.1) is 18.7 Å². The topological polar surface area (TPSA) is 93.4 Å². The van der Waals surface area contributed by atoms with E-state index in [0.29, 0.717) is 35.2 Å². The van der Waals surface area contributed by atoms with E-state index in [0.717, 1.165) is 0 Å². The SMILES string of the molecule is CC(C)COc1cccc(NC(=O)CNc2ccccc2C(N)=O)c1. The van der Waals surface area contributed by atoms with Gasteiger partial charge in [-0.05, 0) is 30.2 Å². The number of anilines is 2. The smallest absolute Gasteiger partial charge is 0.250 e. The zero-order valence-corrected chi connectivity index (χ0v) is 14.4. The second kappa shape index (κ2) is 8.73. The summed E-state index contributed by atoms with van der Waals surface area (Å²) in [7, 11) is 0. The summed E-state index contributed by atoms with van der Waals surface area (Å²) in [6.45, 7) is 4.77. The van der Waals surface area contributed by atoms with Gasteiger partial charge in [0.25, 0.3) is 5.91 Å². The molecule has 2 rings (SSSR count). The largest absolute Gasteiger partial charge is 0.493 e. The molecule has 0 unspecified atom stereocenters. The van der Waals surface area contributed by atoms with Crippen LogP contribution in [0.2, 0.25) is 0 Å². The summed E-state index contributed by atoms with van der Waals surface area (Å²) in [6.07, 6.45) is 0. The van der Waals surface area contributed by atoms with Crippen molar-refractivity contribution < 1.29 is 14.3 Å². The highest BCUT2D eigenvalue weighted by molar-refractivity contribution is 6.00. The van der Waals surface area contributed by atoms with Crippen LogP contribution in [0.15, 0.2) is 48.5 Å². The van der Waals surface area contributed by atoms with Crippen LogP contribution in [-0.2, 0) is 4.79 Å². The quantitative estimate of drug-likeness (QED) is 0.688. The predicted octanol–water partition coefficient (Wildman–Crippen LogP) is 2.87. The zero-order chi connectivity index (χ0) is 18.2. The standard InChI is InChI=1S/C19H23N3O3/c1-13(2)12-25-15-7-5-6-14(10-15)22-18(23)11-21-17-9-4-3-8-16(17)19(20)24/h3-10,13,21H,11-12H2,1-2H3,(H2,20,24)(H,22,23). The fourth-order valence-corrected chi connectivity index (χ4v) is 2.16. The number of primary amides is 1. The van der Waals surface area contributed by atoms with Crippen LogP contribution in [0.25, 0.3) is 0 Å². The molecule has 0 atom stereocenters. The lowest BCUT2D eigenvalue weighted by atomic mass is 10.1. The molecule has 132 valence electrons. The Morgan fingerprint density at radius 2 is 1.88 bits per heavy atom. The van der Waals surface area contributed by atoms with E-state index < -0.39 is 5.91 Å². The third-order valence-corrected chi connectivity index (χ3v) is 3.33. The van der Waals surface area contributed by atoms with Crippen LogP contribution in [0, 0.1) is 5.92 Å². The molecule has 4 N–H and O–H groups in total. The minimum Gasteiger partial charge on any atom is -0.493 e. The Kier molecular flexibility index (Phi) is 6.39. The number of nitrogens with one attached hydrogen (secondary N) is 2. The Hall–Kier alpha value is -3.02. The third-order valence-electron chi connectivity index (χ3n) is 3.33. The van der Waals surface area contributed by atoms with Crippen molar-refractivity contribution in [3.8, 4) is 5.75 Å². The van der Waals surface area contributed by atoms with Gasteiger partial charge in [0.15, 0.2) is 0 Å². The first-order chi connectivity index (χ1) is 12.0. The molecular weight excluding hydrogens is 318 g/mol. The Morgan fingerprint density at radius 3 is 2.60 bits per heavy atom.